The van der Waals surface area contributed by atoms with Crippen molar-refractivity contribution in [3.05, 3.63) is 112 Å². The fraction of sp³-hybridized carbons (Fsp3) is 0. The monoisotopic (exact) mass is 469 g/mol. The van der Waals surface area contributed by atoms with Gasteiger partial charge in [0.25, 0.3) is 0 Å². The average molecular weight is 470 g/mol. The molecule has 0 N–H and O–H groups in total. The Labute approximate surface area is 187 Å². The molecular formula is C25H16BrN3O2. The summed E-state index contributed by atoms with van der Waals surface area (Å²) in [4.78, 5) is 16.9. The van der Waals surface area contributed by atoms with E-state index in [1.54, 1.807) is 10.8 Å². The Balaban J connectivity index is 1.59. The lowest BCUT2D eigenvalue weighted by atomic mass is 10.1. The van der Waals surface area contributed by atoms with Gasteiger partial charge in [-0.2, -0.15) is 5.10 Å². The molecule has 0 amide bonds. The van der Waals surface area contributed by atoms with E-state index < -0.39 is 5.97 Å². The lowest BCUT2D eigenvalue weighted by Crippen LogP contribution is -2.05. The van der Waals surface area contributed by atoms with Gasteiger partial charge in [0.2, 0.25) is 5.90 Å². The number of aliphatic imine (C=N–C) groups is 1. The Morgan fingerprint density at radius 2 is 1.52 bits per heavy atom. The van der Waals surface area contributed by atoms with E-state index in [9.17, 15) is 4.79 Å². The summed E-state index contributed by atoms with van der Waals surface area (Å²) in [7, 11) is 0. The lowest BCUT2D eigenvalue weighted by Gasteiger charge is -2.00. The number of nitrogens with zero attached hydrogens (tertiary/aromatic N) is 3. The van der Waals surface area contributed by atoms with Crippen molar-refractivity contribution in [2.45, 2.75) is 0 Å². The molecule has 31 heavy (non-hydrogen) atoms. The minimum atomic E-state index is -0.482. The maximum Gasteiger partial charge on any atom is 0.363 e. The third-order valence-electron chi connectivity index (χ3n) is 4.81. The SMILES string of the molecule is O=C1OC(c2ccc(Br)cc2)=N/C1=C/c1cn(-c2ccccc2)nc1-c1ccccc1. The molecule has 3 aromatic carbocycles. The number of hydrogen-bond acceptors (Lipinski definition) is 4. The van der Waals surface area contributed by atoms with Crippen LogP contribution < -0.4 is 0 Å². The van der Waals surface area contributed by atoms with Gasteiger partial charge in [0, 0.05) is 27.4 Å². The van der Waals surface area contributed by atoms with E-state index in [1.807, 2.05) is 91.1 Å². The minimum Gasteiger partial charge on any atom is -0.402 e. The third-order valence-corrected chi connectivity index (χ3v) is 5.34. The molecule has 1 aromatic heterocycles. The number of cyclic esters (lactones) is 1. The molecule has 0 atom stereocenters. The summed E-state index contributed by atoms with van der Waals surface area (Å²) in [6.45, 7) is 0. The Kier molecular flexibility index (Phi) is 5.06. The number of para-hydroxylation sites is 1. The summed E-state index contributed by atoms with van der Waals surface area (Å²) < 4.78 is 8.15. The second kappa shape index (κ2) is 8.16. The molecule has 6 heteroatoms. The number of ether oxygens (including phenoxy) is 1. The third kappa shape index (κ3) is 3.98. The molecule has 1 aliphatic rings. The molecule has 0 fully saturated rings. The maximum absolute atomic E-state index is 12.5. The summed E-state index contributed by atoms with van der Waals surface area (Å²) in [6.07, 6.45) is 3.62. The molecule has 0 bridgehead atoms. The van der Waals surface area contributed by atoms with Gasteiger partial charge < -0.3 is 4.74 Å². The van der Waals surface area contributed by atoms with Gasteiger partial charge in [-0.1, -0.05) is 64.5 Å². The minimum absolute atomic E-state index is 0.239. The highest BCUT2D eigenvalue weighted by atomic mass is 79.9. The number of rotatable bonds is 4. The zero-order valence-corrected chi connectivity index (χ0v) is 17.9. The van der Waals surface area contributed by atoms with Crippen molar-refractivity contribution in [2.75, 3.05) is 0 Å². The van der Waals surface area contributed by atoms with Crippen molar-refractivity contribution in [1.29, 1.82) is 0 Å². The highest BCUT2D eigenvalue weighted by Crippen LogP contribution is 2.28. The van der Waals surface area contributed by atoms with Gasteiger partial charge in [-0.25, -0.2) is 14.5 Å². The molecular weight excluding hydrogens is 454 g/mol. The van der Waals surface area contributed by atoms with Crippen molar-refractivity contribution in [3.63, 3.8) is 0 Å². The van der Waals surface area contributed by atoms with Crippen molar-refractivity contribution >= 4 is 33.9 Å². The average Bonchev–Trinajstić information content (AvgIpc) is 3.40. The summed E-state index contributed by atoms with van der Waals surface area (Å²) in [6, 6.07) is 27.1. The first-order valence-corrected chi connectivity index (χ1v) is 10.5. The molecule has 5 nitrogen and oxygen atoms in total. The summed E-state index contributed by atoms with van der Waals surface area (Å²) in [5.41, 5.74) is 4.40. The van der Waals surface area contributed by atoms with Crippen molar-refractivity contribution < 1.29 is 9.53 Å². The van der Waals surface area contributed by atoms with Gasteiger partial charge in [0.1, 0.15) is 5.69 Å². The molecule has 0 saturated heterocycles. The van der Waals surface area contributed by atoms with Gasteiger partial charge in [0.15, 0.2) is 5.70 Å². The van der Waals surface area contributed by atoms with Crippen LogP contribution in [0.2, 0.25) is 0 Å². The molecule has 0 unspecified atom stereocenters. The summed E-state index contributed by atoms with van der Waals surface area (Å²) in [5, 5.41) is 4.77. The van der Waals surface area contributed by atoms with E-state index in [0.717, 1.165) is 32.5 Å². The molecule has 1 aliphatic heterocycles. The van der Waals surface area contributed by atoms with Crippen LogP contribution in [0.3, 0.4) is 0 Å². The highest BCUT2D eigenvalue weighted by molar-refractivity contribution is 9.10. The van der Waals surface area contributed by atoms with Gasteiger partial charge in [-0.3, -0.25) is 0 Å². The Morgan fingerprint density at radius 1 is 0.839 bits per heavy atom. The van der Waals surface area contributed by atoms with Crippen LogP contribution in [-0.2, 0) is 9.53 Å². The summed E-state index contributed by atoms with van der Waals surface area (Å²) in [5.74, 6) is -0.190. The largest absolute Gasteiger partial charge is 0.402 e. The second-order valence-electron chi connectivity index (χ2n) is 6.92. The molecule has 0 radical (unpaired) electrons. The normalized spacial score (nSPS) is 14.5. The molecule has 2 heterocycles. The second-order valence-corrected chi connectivity index (χ2v) is 7.84. The Bertz CT molecular complexity index is 1310. The molecule has 150 valence electrons. The maximum atomic E-state index is 12.5. The number of halogens is 1. The van der Waals surface area contributed by atoms with Crippen LogP contribution >= 0.6 is 15.9 Å². The smallest absolute Gasteiger partial charge is 0.363 e. The number of aromatic nitrogens is 2. The predicted octanol–water partition coefficient (Wildman–Crippen LogP) is 5.65. The quantitative estimate of drug-likeness (QED) is 0.286. The van der Waals surface area contributed by atoms with E-state index in [0.29, 0.717) is 5.90 Å². The van der Waals surface area contributed by atoms with E-state index in [1.165, 1.54) is 0 Å². The van der Waals surface area contributed by atoms with E-state index in [2.05, 4.69) is 20.9 Å². The standard InChI is InChI=1S/C25H16BrN3O2/c26-20-13-11-18(12-14-20)24-27-22(25(30)31-24)15-19-16-29(21-9-5-2-6-10-21)28-23(19)17-7-3-1-4-8-17/h1-16H/b22-15+. The van der Waals surface area contributed by atoms with Crippen molar-refractivity contribution in [2.24, 2.45) is 4.99 Å². The number of carbonyl (C=O) groups is 1. The van der Waals surface area contributed by atoms with E-state index in [4.69, 9.17) is 9.84 Å². The number of hydrogen-bond donors (Lipinski definition) is 0. The number of esters is 1. The first-order chi connectivity index (χ1) is 15.2. The number of carbonyl (C=O) groups excluding carboxylic acids is 1. The predicted molar refractivity (Wildman–Crippen MR) is 124 cm³/mol. The lowest BCUT2D eigenvalue weighted by molar-refractivity contribution is -0.129. The Morgan fingerprint density at radius 3 is 2.23 bits per heavy atom. The number of benzene rings is 3. The van der Waals surface area contributed by atoms with Crippen LogP contribution in [0.15, 0.2) is 106 Å². The van der Waals surface area contributed by atoms with Crippen LogP contribution in [0.5, 0.6) is 0 Å². The van der Waals surface area contributed by atoms with E-state index in [-0.39, 0.29) is 5.70 Å². The first kappa shape index (κ1) is 19.2. The molecule has 0 spiro atoms. The Hall–Kier alpha value is -3.77. The van der Waals surface area contributed by atoms with Crippen LogP contribution in [0.4, 0.5) is 0 Å². The van der Waals surface area contributed by atoms with Crippen molar-refractivity contribution in [3.8, 4) is 16.9 Å². The van der Waals surface area contributed by atoms with Gasteiger partial charge in [0.05, 0.1) is 5.69 Å². The molecule has 0 aliphatic carbocycles. The van der Waals surface area contributed by atoms with Gasteiger partial charge in [-0.05, 0) is 42.5 Å². The highest BCUT2D eigenvalue weighted by Gasteiger charge is 2.25. The summed E-state index contributed by atoms with van der Waals surface area (Å²) >= 11 is 3.41. The first-order valence-electron chi connectivity index (χ1n) is 9.66. The molecule has 0 saturated carbocycles. The van der Waals surface area contributed by atoms with Gasteiger partial charge >= 0.3 is 5.97 Å². The van der Waals surface area contributed by atoms with Crippen molar-refractivity contribution in [1.82, 2.24) is 9.78 Å². The van der Waals surface area contributed by atoms with Gasteiger partial charge in [-0.15, -0.1) is 0 Å². The van der Waals surface area contributed by atoms with Crippen LogP contribution in [0, 0.1) is 0 Å². The fourth-order valence-corrected chi connectivity index (χ4v) is 3.56. The zero-order valence-electron chi connectivity index (χ0n) is 16.3. The van der Waals surface area contributed by atoms with E-state index >= 15 is 0 Å². The van der Waals surface area contributed by atoms with Crippen LogP contribution in [0.25, 0.3) is 23.0 Å². The molecule has 5 rings (SSSR count). The zero-order chi connectivity index (χ0) is 21.2. The topological polar surface area (TPSA) is 56.5 Å². The van der Waals surface area contributed by atoms with Crippen LogP contribution in [0.1, 0.15) is 11.1 Å². The fourth-order valence-electron chi connectivity index (χ4n) is 3.30. The van der Waals surface area contributed by atoms with Crippen LogP contribution in [-0.4, -0.2) is 21.6 Å². The molecule has 4 aromatic rings.